The molecule has 0 fully saturated rings. The van der Waals surface area contributed by atoms with Crippen molar-refractivity contribution in [3.05, 3.63) is 40.7 Å². The van der Waals surface area contributed by atoms with Crippen molar-refractivity contribution in [2.45, 2.75) is 51.9 Å². The van der Waals surface area contributed by atoms with Gasteiger partial charge in [-0.3, -0.25) is 10.1 Å². The van der Waals surface area contributed by atoms with Gasteiger partial charge in [-0.05, 0) is 44.9 Å². The zero-order valence-corrected chi connectivity index (χ0v) is 18.5. The standard InChI is InChI=1S/C19H24N6O2S2/c1-5-16-21-23-18(29-16)20-15(26)11-28-19-24-22-17(25(19)6-2)13(4)27-14-9-7-8-12(3)10-14/h7-10,13H,5-6,11H2,1-4H3,(H,20,23,26). The number of carbonyl (C=O) groups is 1. The van der Waals surface area contributed by atoms with Crippen LogP contribution in [0.4, 0.5) is 5.13 Å². The molecule has 2 aromatic heterocycles. The van der Waals surface area contributed by atoms with E-state index in [1.165, 1.54) is 23.1 Å². The molecule has 3 rings (SSSR count). The Kier molecular flexibility index (Phi) is 7.21. The number of amides is 1. The second kappa shape index (κ2) is 9.84. The van der Waals surface area contributed by atoms with Crippen molar-refractivity contribution in [2.24, 2.45) is 0 Å². The van der Waals surface area contributed by atoms with Crippen LogP contribution in [0.2, 0.25) is 0 Å². The normalized spacial score (nSPS) is 12.0. The van der Waals surface area contributed by atoms with Crippen molar-refractivity contribution >= 4 is 34.1 Å². The highest BCUT2D eigenvalue weighted by Crippen LogP contribution is 2.25. The number of hydrogen-bond donors (Lipinski definition) is 1. The van der Waals surface area contributed by atoms with Gasteiger partial charge in [-0.15, -0.1) is 20.4 Å². The Morgan fingerprint density at radius 2 is 2.10 bits per heavy atom. The molecule has 0 bridgehead atoms. The molecule has 0 radical (unpaired) electrons. The van der Waals surface area contributed by atoms with Crippen molar-refractivity contribution in [3.63, 3.8) is 0 Å². The number of nitrogens with one attached hydrogen (secondary N) is 1. The first-order valence-corrected chi connectivity index (χ1v) is 11.2. The number of thioether (sulfide) groups is 1. The third kappa shape index (κ3) is 5.54. The fraction of sp³-hybridized carbons (Fsp3) is 0.421. The van der Waals surface area contributed by atoms with Crippen LogP contribution >= 0.6 is 23.1 Å². The summed E-state index contributed by atoms with van der Waals surface area (Å²) in [6.45, 7) is 8.67. The third-order valence-electron chi connectivity index (χ3n) is 4.08. The Bertz CT molecular complexity index is 971. The van der Waals surface area contributed by atoms with Crippen LogP contribution in [0.1, 0.15) is 43.3 Å². The molecule has 29 heavy (non-hydrogen) atoms. The van der Waals surface area contributed by atoms with Gasteiger partial charge < -0.3 is 9.30 Å². The molecule has 8 nitrogen and oxygen atoms in total. The van der Waals surface area contributed by atoms with E-state index in [4.69, 9.17) is 4.74 Å². The summed E-state index contributed by atoms with van der Waals surface area (Å²) in [4.78, 5) is 12.2. The predicted molar refractivity (Wildman–Crippen MR) is 115 cm³/mol. The van der Waals surface area contributed by atoms with E-state index >= 15 is 0 Å². The summed E-state index contributed by atoms with van der Waals surface area (Å²) in [7, 11) is 0. The topological polar surface area (TPSA) is 94.8 Å². The molecule has 1 N–H and O–H groups in total. The second-order valence-electron chi connectivity index (χ2n) is 6.35. The highest BCUT2D eigenvalue weighted by Gasteiger charge is 2.19. The Morgan fingerprint density at radius 1 is 1.28 bits per heavy atom. The first-order valence-electron chi connectivity index (χ1n) is 9.41. The van der Waals surface area contributed by atoms with Crippen LogP contribution < -0.4 is 10.1 Å². The number of carbonyl (C=O) groups excluding carboxylic acids is 1. The molecule has 1 unspecified atom stereocenters. The van der Waals surface area contributed by atoms with E-state index in [1.54, 1.807) is 0 Å². The number of aromatic nitrogens is 5. The van der Waals surface area contributed by atoms with Crippen molar-refractivity contribution in [2.75, 3.05) is 11.1 Å². The number of benzene rings is 1. The minimum atomic E-state index is -0.263. The Balaban J connectivity index is 1.61. The quantitative estimate of drug-likeness (QED) is 0.513. The van der Waals surface area contributed by atoms with Crippen LogP contribution in [0.25, 0.3) is 0 Å². The first kappa shape index (κ1) is 21.3. The van der Waals surface area contributed by atoms with Gasteiger partial charge in [0.25, 0.3) is 0 Å². The number of nitrogens with zero attached hydrogens (tertiary/aromatic N) is 5. The Hall–Kier alpha value is -2.46. The van der Waals surface area contributed by atoms with E-state index in [9.17, 15) is 4.79 Å². The molecule has 1 atom stereocenters. The van der Waals surface area contributed by atoms with Gasteiger partial charge in [-0.25, -0.2) is 0 Å². The summed E-state index contributed by atoms with van der Waals surface area (Å²) in [5, 5.41) is 21.4. The van der Waals surface area contributed by atoms with E-state index in [0.29, 0.717) is 16.8 Å². The van der Waals surface area contributed by atoms with Gasteiger partial charge in [0.15, 0.2) is 17.1 Å². The predicted octanol–water partition coefficient (Wildman–Crippen LogP) is 3.89. The Labute approximate surface area is 178 Å². The van der Waals surface area contributed by atoms with E-state index in [-0.39, 0.29) is 17.8 Å². The molecule has 0 aliphatic rings. The monoisotopic (exact) mass is 432 g/mol. The number of ether oxygens (including phenoxy) is 1. The van der Waals surface area contributed by atoms with Crippen LogP contribution in [-0.2, 0) is 17.8 Å². The Morgan fingerprint density at radius 3 is 2.79 bits per heavy atom. The van der Waals surface area contributed by atoms with Crippen LogP contribution in [0.3, 0.4) is 0 Å². The van der Waals surface area contributed by atoms with Gasteiger partial charge in [-0.2, -0.15) is 0 Å². The SMILES string of the molecule is CCc1nnc(NC(=O)CSc2nnc(C(C)Oc3cccc(C)c3)n2CC)s1. The molecule has 0 spiro atoms. The van der Waals surface area contributed by atoms with Crippen LogP contribution in [0.5, 0.6) is 5.75 Å². The van der Waals surface area contributed by atoms with Crippen molar-refractivity contribution in [1.82, 2.24) is 25.0 Å². The van der Waals surface area contributed by atoms with Crippen LogP contribution in [0, 0.1) is 6.92 Å². The molecule has 0 saturated heterocycles. The highest BCUT2D eigenvalue weighted by atomic mass is 32.2. The summed E-state index contributed by atoms with van der Waals surface area (Å²) in [5.41, 5.74) is 1.13. The summed E-state index contributed by atoms with van der Waals surface area (Å²) >= 11 is 2.72. The number of hydrogen-bond acceptors (Lipinski definition) is 8. The van der Waals surface area contributed by atoms with Gasteiger partial charge in [0.05, 0.1) is 5.75 Å². The molecule has 1 amide bonds. The van der Waals surface area contributed by atoms with Crippen LogP contribution in [-0.4, -0.2) is 36.6 Å². The van der Waals surface area contributed by atoms with Gasteiger partial charge in [0.2, 0.25) is 11.0 Å². The lowest BCUT2D eigenvalue weighted by Crippen LogP contribution is -2.15. The average Bonchev–Trinajstić information content (AvgIpc) is 3.32. The van der Waals surface area contributed by atoms with E-state index < -0.39 is 0 Å². The molecule has 0 aliphatic heterocycles. The fourth-order valence-electron chi connectivity index (χ4n) is 2.68. The maximum Gasteiger partial charge on any atom is 0.236 e. The molecule has 3 aromatic rings. The molecular weight excluding hydrogens is 408 g/mol. The molecular formula is C19H24N6O2S2. The maximum atomic E-state index is 12.2. The van der Waals surface area contributed by atoms with Crippen molar-refractivity contribution in [1.29, 1.82) is 0 Å². The van der Waals surface area contributed by atoms with E-state index in [2.05, 4.69) is 25.7 Å². The van der Waals surface area contributed by atoms with Gasteiger partial charge in [0, 0.05) is 6.54 Å². The second-order valence-corrected chi connectivity index (χ2v) is 8.36. The summed E-state index contributed by atoms with van der Waals surface area (Å²) < 4.78 is 8.00. The zero-order chi connectivity index (χ0) is 20.8. The largest absolute Gasteiger partial charge is 0.483 e. The van der Waals surface area contributed by atoms with Gasteiger partial charge in [0.1, 0.15) is 10.8 Å². The van der Waals surface area contributed by atoms with Crippen LogP contribution in [0.15, 0.2) is 29.4 Å². The highest BCUT2D eigenvalue weighted by molar-refractivity contribution is 7.99. The summed E-state index contributed by atoms with van der Waals surface area (Å²) in [6.07, 6.45) is 0.536. The lowest BCUT2D eigenvalue weighted by molar-refractivity contribution is -0.113. The molecule has 1 aromatic carbocycles. The van der Waals surface area contributed by atoms with E-state index in [1.807, 2.05) is 56.5 Å². The average molecular weight is 433 g/mol. The number of anilines is 1. The third-order valence-corrected chi connectivity index (χ3v) is 6.03. The lowest BCUT2D eigenvalue weighted by atomic mass is 10.2. The maximum absolute atomic E-state index is 12.2. The molecule has 154 valence electrons. The minimum absolute atomic E-state index is 0.148. The number of rotatable bonds is 9. The zero-order valence-electron chi connectivity index (χ0n) is 16.9. The van der Waals surface area contributed by atoms with Crippen molar-refractivity contribution < 1.29 is 9.53 Å². The minimum Gasteiger partial charge on any atom is -0.483 e. The molecule has 0 saturated carbocycles. The summed E-state index contributed by atoms with van der Waals surface area (Å²) in [6, 6.07) is 7.90. The molecule has 0 aliphatic carbocycles. The van der Waals surface area contributed by atoms with E-state index in [0.717, 1.165) is 28.6 Å². The van der Waals surface area contributed by atoms with Gasteiger partial charge >= 0.3 is 0 Å². The molecule has 10 heteroatoms. The molecule has 2 heterocycles. The number of aryl methyl sites for hydroxylation is 2. The lowest BCUT2D eigenvalue weighted by Gasteiger charge is -2.15. The fourth-order valence-corrected chi connectivity index (χ4v) is 4.19. The smallest absolute Gasteiger partial charge is 0.236 e. The van der Waals surface area contributed by atoms with Crippen molar-refractivity contribution in [3.8, 4) is 5.75 Å². The van der Waals surface area contributed by atoms with Gasteiger partial charge in [-0.1, -0.05) is 42.2 Å². The first-order chi connectivity index (χ1) is 14.0. The summed E-state index contributed by atoms with van der Waals surface area (Å²) in [5.74, 6) is 1.59.